The number of hydrogen-bond donors (Lipinski definition) is 1. The number of carbonyl (C=O) groups is 1. The first-order valence-corrected chi connectivity index (χ1v) is 7.11. The van der Waals surface area contributed by atoms with Crippen LogP contribution in [0.1, 0.15) is 47.2 Å². The highest BCUT2D eigenvalue weighted by Gasteiger charge is 2.38. The zero-order valence-electron chi connectivity index (χ0n) is 9.34. The summed E-state index contributed by atoms with van der Waals surface area (Å²) in [6.07, 6.45) is 1.39. The third kappa shape index (κ3) is 2.06. The van der Waals surface area contributed by atoms with Crippen molar-refractivity contribution in [3.8, 4) is 0 Å². The molecule has 0 spiro atoms. The molecule has 6 nitrogen and oxygen atoms in total. The standard InChI is InChI=1S/C10H13NO5S/c1-2-7-11-8(9(16-7)10(12)13)6-4-3-5-17(6,14)15/h6H,2-5H2,1H3,(H,12,13). The third-order valence-electron chi connectivity index (χ3n) is 2.83. The predicted molar refractivity (Wildman–Crippen MR) is 58.6 cm³/mol. The normalized spacial score (nSPS) is 22.8. The van der Waals surface area contributed by atoms with E-state index in [9.17, 15) is 13.2 Å². The molecule has 17 heavy (non-hydrogen) atoms. The molecule has 2 heterocycles. The van der Waals surface area contributed by atoms with Crippen LogP contribution >= 0.6 is 0 Å². The van der Waals surface area contributed by atoms with Crippen LogP contribution in [0.3, 0.4) is 0 Å². The fraction of sp³-hybridized carbons (Fsp3) is 0.600. The smallest absolute Gasteiger partial charge is 0.373 e. The second kappa shape index (κ2) is 4.14. The summed E-state index contributed by atoms with van der Waals surface area (Å²) in [6.45, 7) is 1.77. The van der Waals surface area contributed by atoms with Crippen LogP contribution in [0.25, 0.3) is 0 Å². The number of sulfone groups is 1. The number of carboxylic acid groups (broad SMARTS) is 1. The van der Waals surface area contributed by atoms with Gasteiger partial charge in [0.2, 0.25) is 5.76 Å². The van der Waals surface area contributed by atoms with Crippen molar-refractivity contribution < 1.29 is 22.7 Å². The maximum Gasteiger partial charge on any atom is 0.373 e. The molecule has 0 bridgehead atoms. The topological polar surface area (TPSA) is 97.5 Å². The van der Waals surface area contributed by atoms with Crippen LogP contribution in [0.5, 0.6) is 0 Å². The minimum absolute atomic E-state index is 0.0619. The summed E-state index contributed by atoms with van der Waals surface area (Å²) >= 11 is 0. The molecule has 1 aliphatic rings. The Morgan fingerprint density at radius 1 is 1.59 bits per heavy atom. The van der Waals surface area contributed by atoms with Gasteiger partial charge in [0.15, 0.2) is 15.7 Å². The summed E-state index contributed by atoms with van der Waals surface area (Å²) < 4.78 is 28.6. The Balaban J connectivity index is 2.51. The summed E-state index contributed by atoms with van der Waals surface area (Å²) in [5, 5.41) is 8.15. The van der Waals surface area contributed by atoms with Crippen molar-refractivity contribution in [3.05, 3.63) is 17.3 Å². The van der Waals surface area contributed by atoms with E-state index in [0.29, 0.717) is 19.3 Å². The zero-order valence-corrected chi connectivity index (χ0v) is 10.2. The van der Waals surface area contributed by atoms with Gasteiger partial charge in [0, 0.05) is 6.42 Å². The van der Waals surface area contributed by atoms with Crippen LogP contribution in [-0.2, 0) is 16.3 Å². The zero-order chi connectivity index (χ0) is 12.6. The van der Waals surface area contributed by atoms with Gasteiger partial charge < -0.3 is 9.52 Å². The number of aromatic nitrogens is 1. The van der Waals surface area contributed by atoms with Gasteiger partial charge in [-0.3, -0.25) is 0 Å². The summed E-state index contributed by atoms with van der Waals surface area (Å²) in [7, 11) is -3.28. The maximum atomic E-state index is 11.8. The Morgan fingerprint density at radius 2 is 2.29 bits per heavy atom. The molecule has 1 unspecified atom stereocenters. The van der Waals surface area contributed by atoms with Crippen molar-refractivity contribution in [2.24, 2.45) is 0 Å². The van der Waals surface area contributed by atoms with Crippen LogP contribution in [0.15, 0.2) is 4.42 Å². The Bertz CT molecular complexity index is 545. The Hall–Kier alpha value is -1.37. The molecular formula is C10H13NO5S. The van der Waals surface area contributed by atoms with Gasteiger partial charge in [0.25, 0.3) is 0 Å². The number of hydrogen-bond acceptors (Lipinski definition) is 5. The molecule has 1 aromatic rings. The second-order valence-corrected chi connectivity index (χ2v) is 6.28. The van der Waals surface area contributed by atoms with E-state index in [1.807, 2.05) is 0 Å². The molecule has 0 radical (unpaired) electrons. The molecule has 94 valence electrons. The third-order valence-corrected chi connectivity index (χ3v) is 5.01. The molecule has 1 saturated heterocycles. The number of rotatable bonds is 3. The minimum Gasteiger partial charge on any atom is -0.475 e. The lowest BCUT2D eigenvalue weighted by atomic mass is 10.2. The van der Waals surface area contributed by atoms with E-state index in [2.05, 4.69) is 4.98 Å². The average molecular weight is 259 g/mol. The molecule has 0 aromatic carbocycles. The molecule has 1 aromatic heterocycles. The number of nitrogens with zero attached hydrogens (tertiary/aromatic N) is 1. The molecule has 0 saturated carbocycles. The first kappa shape index (κ1) is 12.1. The lowest BCUT2D eigenvalue weighted by Gasteiger charge is -2.05. The maximum absolute atomic E-state index is 11.8. The molecule has 7 heteroatoms. The van der Waals surface area contributed by atoms with Crippen LogP contribution in [0.2, 0.25) is 0 Å². The number of aromatic carboxylic acids is 1. The molecule has 1 atom stereocenters. The molecule has 2 rings (SSSR count). The van der Waals surface area contributed by atoms with Crippen molar-refractivity contribution in [2.45, 2.75) is 31.4 Å². The highest BCUT2D eigenvalue weighted by molar-refractivity contribution is 7.91. The molecule has 1 aliphatic heterocycles. The van der Waals surface area contributed by atoms with Crippen LogP contribution in [0.4, 0.5) is 0 Å². The van der Waals surface area contributed by atoms with E-state index in [1.165, 1.54) is 0 Å². The summed E-state index contributed by atoms with van der Waals surface area (Å²) in [5.41, 5.74) is 0.0619. The quantitative estimate of drug-likeness (QED) is 0.875. The highest BCUT2D eigenvalue weighted by Crippen LogP contribution is 2.36. The fourth-order valence-corrected chi connectivity index (χ4v) is 3.88. The van der Waals surface area contributed by atoms with Crippen LogP contribution < -0.4 is 0 Å². The van der Waals surface area contributed by atoms with Gasteiger partial charge in [0.05, 0.1) is 5.75 Å². The lowest BCUT2D eigenvalue weighted by molar-refractivity contribution is 0.0658. The SMILES string of the molecule is CCc1nc(C2CCCS2(=O)=O)c(C(=O)O)o1. The van der Waals surface area contributed by atoms with E-state index < -0.39 is 21.1 Å². The van der Waals surface area contributed by atoms with Gasteiger partial charge in [-0.05, 0) is 12.8 Å². The molecule has 0 amide bonds. The van der Waals surface area contributed by atoms with Crippen molar-refractivity contribution in [1.29, 1.82) is 0 Å². The highest BCUT2D eigenvalue weighted by atomic mass is 32.2. The largest absolute Gasteiger partial charge is 0.475 e. The van der Waals surface area contributed by atoms with Crippen LogP contribution in [-0.4, -0.2) is 30.2 Å². The van der Waals surface area contributed by atoms with Crippen LogP contribution in [0, 0.1) is 0 Å². The van der Waals surface area contributed by atoms with Crippen molar-refractivity contribution in [2.75, 3.05) is 5.75 Å². The average Bonchev–Trinajstić information content (AvgIpc) is 2.80. The van der Waals surface area contributed by atoms with Gasteiger partial charge >= 0.3 is 5.97 Å². The van der Waals surface area contributed by atoms with Gasteiger partial charge in [-0.1, -0.05) is 6.92 Å². The monoisotopic (exact) mass is 259 g/mol. The van der Waals surface area contributed by atoms with Gasteiger partial charge in [-0.25, -0.2) is 18.2 Å². The fourth-order valence-electron chi connectivity index (χ4n) is 2.00. The predicted octanol–water partition coefficient (Wildman–Crippen LogP) is 1.18. The molecule has 0 aliphatic carbocycles. The van der Waals surface area contributed by atoms with E-state index >= 15 is 0 Å². The van der Waals surface area contributed by atoms with Gasteiger partial charge in [-0.15, -0.1) is 0 Å². The molecule has 1 N–H and O–H groups in total. The van der Waals surface area contributed by atoms with Crippen molar-refractivity contribution in [1.82, 2.24) is 4.98 Å². The van der Waals surface area contributed by atoms with E-state index in [4.69, 9.17) is 9.52 Å². The summed E-state index contributed by atoms with van der Waals surface area (Å²) in [4.78, 5) is 15.0. The van der Waals surface area contributed by atoms with E-state index in [0.717, 1.165) is 0 Å². The Kier molecular flexibility index (Phi) is 2.94. The van der Waals surface area contributed by atoms with E-state index in [-0.39, 0.29) is 23.1 Å². The van der Waals surface area contributed by atoms with Crippen molar-refractivity contribution >= 4 is 15.8 Å². The summed E-state index contributed by atoms with van der Waals surface area (Å²) in [5.74, 6) is -1.25. The first-order chi connectivity index (χ1) is 7.95. The minimum atomic E-state index is -3.28. The number of oxazole rings is 1. The van der Waals surface area contributed by atoms with Crippen molar-refractivity contribution in [3.63, 3.8) is 0 Å². The van der Waals surface area contributed by atoms with E-state index in [1.54, 1.807) is 6.92 Å². The Morgan fingerprint density at radius 3 is 2.76 bits per heavy atom. The van der Waals surface area contributed by atoms with Gasteiger partial charge in [0.1, 0.15) is 10.9 Å². The lowest BCUT2D eigenvalue weighted by Crippen LogP contribution is -2.12. The number of aryl methyl sites for hydroxylation is 1. The second-order valence-electron chi connectivity index (χ2n) is 3.98. The number of carboxylic acids is 1. The summed E-state index contributed by atoms with van der Waals surface area (Å²) in [6, 6.07) is 0. The van der Waals surface area contributed by atoms with Gasteiger partial charge in [-0.2, -0.15) is 0 Å². The first-order valence-electron chi connectivity index (χ1n) is 5.40. The molecular weight excluding hydrogens is 246 g/mol. The Labute approximate surface area is 98.6 Å². The molecule has 1 fully saturated rings.